The summed E-state index contributed by atoms with van der Waals surface area (Å²) in [5.41, 5.74) is 1.34. The van der Waals surface area contributed by atoms with Crippen LogP contribution in [0.1, 0.15) is 12.7 Å². The van der Waals surface area contributed by atoms with Gasteiger partial charge in [0.2, 0.25) is 0 Å². The number of likely N-dealkylation sites (N-methyl/N-ethyl adjacent to an activating group) is 1. The molecule has 1 aliphatic heterocycles. The zero-order valence-corrected chi connectivity index (χ0v) is 13.4. The lowest BCUT2D eigenvalue weighted by Gasteiger charge is -2.08. The highest BCUT2D eigenvalue weighted by molar-refractivity contribution is 7.80. The van der Waals surface area contributed by atoms with Gasteiger partial charge in [0.05, 0.1) is 0 Å². The van der Waals surface area contributed by atoms with E-state index in [1.807, 2.05) is 31.2 Å². The molecule has 3 rings (SSSR count). The van der Waals surface area contributed by atoms with Crippen molar-refractivity contribution >= 4 is 40.9 Å². The molecule has 0 aliphatic carbocycles. The van der Waals surface area contributed by atoms with Crippen molar-refractivity contribution in [2.45, 2.75) is 6.92 Å². The van der Waals surface area contributed by atoms with Crippen molar-refractivity contribution in [1.29, 1.82) is 0 Å². The van der Waals surface area contributed by atoms with Gasteiger partial charge in [0, 0.05) is 23.2 Å². The van der Waals surface area contributed by atoms with Crippen LogP contribution in [0.15, 0.2) is 46.5 Å². The van der Waals surface area contributed by atoms with Gasteiger partial charge in [0.1, 0.15) is 17.2 Å². The lowest BCUT2D eigenvalue weighted by atomic mass is 10.2. The smallest absolute Gasteiger partial charge is 0.276 e. The van der Waals surface area contributed by atoms with Crippen LogP contribution in [0.2, 0.25) is 5.02 Å². The number of halogens is 1. The van der Waals surface area contributed by atoms with E-state index in [4.69, 9.17) is 28.2 Å². The third-order valence-electron chi connectivity index (χ3n) is 3.32. The number of benzene rings is 1. The van der Waals surface area contributed by atoms with Crippen LogP contribution in [-0.4, -0.2) is 22.5 Å². The number of hydrogen-bond acceptors (Lipinski definition) is 3. The second-order valence-corrected chi connectivity index (χ2v) is 5.57. The summed E-state index contributed by atoms with van der Waals surface area (Å²) in [4.78, 5) is 13.6. The minimum absolute atomic E-state index is 0.142. The Morgan fingerprint density at radius 2 is 2.00 bits per heavy atom. The van der Waals surface area contributed by atoms with Crippen molar-refractivity contribution in [2.75, 3.05) is 6.54 Å². The van der Waals surface area contributed by atoms with E-state index >= 15 is 0 Å². The second kappa shape index (κ2) is 5.94. The van der Waals surface area contributed by atoms with E-state index in [2.05, 4.69) is 5.32 Å². The van der Waals surface area contributed by atoms with Crippen LogP contribution in [0.4, 0.5) is 0 Å². The zero-order valence-electron chi connectivity index (χ0n) is 11.8. The fourth-order valence-electron chi connectivity index (χ4n) is 2.20. The molecular formula is C16H13ClN2O2S. The summed E-state index contributed by atoms with van der Waals surface area (Å²) in [5, 5.41) is 3.99. The van der Waals surface area contributed by atoms with Crippen LogP contribution >= 0.6 is 23.8 Å². The van der Waals surface area contributed by atoms with E-state index in [9.17, 15) is 4.79 Å². The Labute approximate surface area is 138 Å². The third kappa shape index (κ3) is 2.77. The molecule has 1 saturated heterocycles. The van der Waals surface area contributed by atoms with Crippen LogP contribution in [-0.2, 0) is 4.79 Å². The normalized spacial score (nSPS) is 16.5. The summed E-state index contributed by atoms with van der Waals surface area (Å²) >= 11 is 11.0. The van der Waals surface area contributed by atoms with E-state index in [1.165, 1.54) is 4.90 Å². The first-order chi connectivity index (χ1) is 10.6. The highest BCUT2D eigenvalue weighted by atomic mass is 35.5. The molecule has 112 valence electrons. The Morgan fingerprint density at radius 1 is 1.27 bits per heavy atom. The quantitative estimate of drug-likeness (QED) is 0.688. The van der Waals surface area contributed by atoms with Gasteiger partial charge in [-0.3, -0.25) is 9.69 Å². The molecule has 6 heteroatoms. The number of carbonyl (C=O) groups excluding carboxylic acids is 1. The van der Waals surface area contributed by atoms with Crippen LogP contribution in [0.5, 0.6) is 0 Å². The molecule has 0 unspecified atom stereocenters. The zero-order chi connectivity index (χ0) is 15.7. The maximum atomic E-state index is 12.1. The van der Waals surface area contributed by atoms with Gasteiger partial charge in [-0.25, -0.2) is 0 Å². The Kier molecular flexibility index (Phi) is 4.00. The van der Waals surface area contributed by atoms with E-state index in [1.54, 1.807) is 18.2 Å². The van der Waals surface area contributed by atoms with Crippen LogP contribution in [0.25, 0.3) is 17.4 Å². The summed E-state index contributed by atoms with van der Waals surface area (Å²) < 4.78 is 5.75. The molecule has 4 nitrogen and oxygen atoms in total. The highest BCUT2D eigenvalue weighted by Gasteiger charge is 2.29. The standard InChI is InChI=1S/C16H13ClN2O2S/c1-2-19-15(20)13(18-16(19)22)9-12-7-8-14(21-12)10-3-5-11(17)6-4-10/h3-9H,2H2,1H3,(H,18,22)/b13-9-. The molecule has 2 heterocycles. The summed E-state index contributed by atoms with van der Waals surface area (Å²) in [6.45, 7) is 2.41. The number of amides is 1. The summed E-state index contributed by atoms with van der Waals surface area (Å²) in [6, 6.07) is 11.0. The lowest BCUT2D eigenvalue weighted by Crippen LogP contribution is -2.30. The van der Waals surface area contributed by atoms with Gasteiger partial charge in [-0.05, 0) is 55.5 Å². The van der Waals surface area contributed by atoms with Crippen molar-refractivity contribution in [2.24, 2.45) is 0 Å². The van der Waals surface area contributed by atoms with Crippen LogP contribution < -0.4 is 5.32 Å². The van der Waals surface area contributed by atoms with Crippen molar-refractivity contribution in [3.63, 3.8) is 0 Å². The third-order valence-corrected chi connectivity index (χ3v) is 3.90. The van der Waals surface area contributed by atoms with Gasteiger partial charge >= 0.3 is 0 Å². The van der Waals surface area contributed by atoms with Crippen molar-refractivity contribution < 1.29 is 9.21 Å². The molecule has 1 amide bonds. The molecule has 1 N–H and O–H groups in total. The molecule has 0 bridgehead atoms. The molecular weight excluding hydrogens is 320 g/mol. The molecule has 1 aliphatic rings. The number of nitrogens with one attached hydrogen (secondary N) is 1. The van der Waals surface area contributed by atoms with Gasteiger partial charge in [-0.2, -0.15) is 0 Å². The molecule has 1 aromatic carbocycles. The van der Waals surface area contributed by atoms with E-state index in [0.717, 1.165) is 5.56 Å². The summed E-state index contributed by atoms with van der Waals surface area (Å²) in [7, 11) is 0. The monoisotopic (exact) mass is 332 g/mol. The fourth-order valence-corrected chi connectivity index (χ4v) is 2.65. The summed E-state index contributed by atoms with van der Waals surface area (Å²) in [5.74, 6) is 1.15. The largest absolute Gasteiger partial charge is 0.457 e. The molecule has 0 radical (unpaired) electrons. The first kappa shape index (κ1) is 14.8. The molecule has 0 spiro atoms. The molecule has 0 atom stereocenters. The molecule has 1 fully saturated rings. The minimum atomic E-state index is -0.142. The molecule has 2 aromatic rings. The summed E-state index contributed by atoms with van der Waals surface area (Å²) in [6.07, 6.45) is 1.66. The number of furan rings is 1. The predicted octanol–water partition coefficient (Wildman–Crippen LogP) is 3.68. The lowest BCUT2D eigenvalue weighted by molar-refractivity contribution is -0.122. The first-order valence-corrected chi connectivity index (χ1v) is 7.57. The van der Waals surface area contributed by atoms with Crippen molar-refractivity contribution in [3.05, 3.63) is 52.9 Å². The number of rotatable bonds is 3. The average molecular weight is 333 g/mol. The van der Waals surface area contributed by atoms with Crippen LogP contribution in [0.3, 0.4) is 0 Å². The SMILES string of the molecule is CCN1C(=O)/C(=C/c2ccc(-c3ccc(Cl)cc3)o2)NC1=S. The van der Waals surface area contributed by atoms with Gasteiger partial charge in [0.25, 0.3) is 5.91 Å². The Balaban J connectivity index is 1.86. The van der Waals surface area contributed by atoms with Gasteiger partial charge in [-0.15, -0.1) is 0 Å². The maximum Gasteiger partial charge on any atom is 0.276 e. The predicted molar refractivity (Wildman–Crippen MR) is 90.3 cm³/mol. The number of nitrogens with zero attached hydrogens (tertiary/aromatic N) is 1. The Hall–Kier alpha value is -2.11. The second-order valence-electron chi connectivity index (χ2n) is 4.75. The Morgan fingerprint density at radius 3 is 2.64 bits per heavy atom. The highest BCUT2D eigenvalue weighted by Crippen LogP contribution is 2.25. The van der Waals surface area contributed by atoms with E-state index in [-0.39, 0.29) is 5.91 Å². The van der Waals surface area contributed by atoms with Crippen molar-refractivity contribution in [3.8, 4) is 11.3 Å². The number of hydrogen-bond donors (Lipinski definition) is 1. The van der Waals surface area contributed by atoms with E-state index in [0.29, 0.717) is 33.9 Å². The van der Waals surface area contributed by atoms with Gasteiger partial charge in [-0.1, -0.05) is 11.6 Å². The van der Waals surface area contributed by atoms with Crippen molar-refractivity contribution in [1.82, 2.24) is 10.2 Å². The Bertz CT molecular complexity index is 765. The van der Waals surface area contributed by atoms with Gasteiger partial charge < -0.3 is 9.73 Å². The number of carbonyl (C=O) groups is 1. The number of thiocarbonyl (C=S) groups is 1. The molecule has 0 saturated carbocycles. The maximum absolute atomic E-state index is 12.1. The van der Waals surface area contributed by atoms with E-state index < -0.39 is 0 Å². The van der Waals surface area contributed by atoms with Gasteiger partial charge in [0.15, 0.2) is 5.11 Å². The first-order valence-electron chi connectivity index (χ1n) is 6.79. The van der Waals surface area contributed by atoms with Crippen LogP contribution in [0, 0.1) is 0 Å². The average Bonchev–Trinajstić information content (AvgIpc) is 3.06. The molecule has 1 aromatic heterocycles. The minimum Gasteiger partial charge on any atom is -0.457 e. The molecule has 22 heavy (non-hydrogen) atoms. The topological polar surface area (TPSA) is 45.5 Å². The fraction of sp³-hybridized carbons (Fsp3) is 0.125.